The lowest BCUT2D eigenvalue weighted by molar-refractivity contribution is 0.374. The lowest BCUT2D eigenvalue weighted by Gasteiger charge is -2.12. The third-order valence-corrected chi connectivity index (χ3v) is 4.75. The molecule has 0 aromatic carbocycles. The second kappa shape index (κ2) is 4.60. The van der Waals surface area contributed by atoms with Crippen molar-refractivity contribution in [2.24, 2.45) is 5.92 Å². The first kappa shape index (κ1) is 12.1. The minimum atomic E-state index is 0.0540. The number of aromatic nitrogens is 2. The van der Waals surface area contributed by atoms with Gasteiger partial charge in [-0.1, -0.05) is 0 Å². The molecule has 1 fully saturated rings. The van der Waals surface area contributed by atoms with Gasteiger partial charge in [0.05, 0.1) is 5.52 Å². The van der Waals surface area contributed by atoms with Crippen molar-refractivity contribution in [3.05, 3.63) is 26.6 Å². The molecule has 0 amide bonds. The molecule has 1 N–H and O–H groups in total. The maximum atomic E-state index is 12.4. The summed E-state index contributed by atoms with van der Waals surface area (Å²) >= 11 is 6.77. The Balaban J connectivity index is 2.01. The standard InChI is InChI=1S/C12H15N3OS2/c1-14-4-2-8(6-14)7-15-11(16)10-9(3-5-18-10)13-12(15)17/h3,5,8H,2,4,6-7H2,1H3,(H,13,17). The van der Waals surface area contributed by atoms with Crippen LogP contribution in [0, 0.1) is 10.7 Å². The van der Waals surface area contributed by atoms with E-state index >= 15 is 0 Å². The van der Waals surface area contributed by atoms with Crippen molar-refractivity contribution >= 4 is 33.8 Å². The molecule has 3 rings (SSSR count). The second-order valence-electron chi connectivity index (χ2n) is 4.93. The Morgan fingerprint density at radius 1 is 1.61 bits per heavy atom. The molecular formula is C12H15N3OS2. The number of nitrogens with one attached hydrogen (secondary N) is 1. The third kappa shape index (κ3) is 2.04. The molecule has 6 heteroatoms. The molecule has 1 aliphatic rings. The van der Waals surface area contributed by atoms with E-state index in [0.717, 1.165) is 36.3 Å². The Bertz CT molecular complexity index is 684. The summed E-state index contributed by atoms with van der Waals surface area (Å²) in [7, 11) is 2.12. The zero-order valence-corrected chi connectivity index (χ0v) is 11.8. The summed E-state index contributed by atoms with van der Waals surface area (Å²) in [5, 5.41) is 1.92. The highest BCUT2D eigenvalue weighted by atomic mass is 32.1. The second-order valence-corrected chi connectivity index (χ2v) is 6.23. The lowest BCUT2D eigenvalue weighted by atomic mass is 10.1. The number of hydrogen-bond donors (Lipinski definition) is 1. The highest BCUT2D eigenvalue weighted by Crippen LogP contribution is 2.18. The van der Waals surface area contributed by atoms with Crippen LogP contribution in [0.25, 0.3) is 10.2 Å². The maximum absolute atomic E-state index is 12.4. The van der Waals surface area contributed by atoms with Crippen LogP contribution in [0.15, 0.2) is 16.2 Å². The molecule has 2 aromatic rings. The highest BCUT2D eigenvalue weighted by Gasteiger charge is 2.21. The van der Waals surface area contributed by atoms with Gasteiger partial charge in [-0.2, -0.15) is 0 Å². The maximum Gasteiger partial charge on any atom is 0.272 e. The van der Waals surface area contributed by atoms with E-state index in [2.05, 4.69) is 16.9 Å². The van der Waals surface area contributed by atoms with Gasteiger partial charge >= 0.3 is 0 Å². The monoisotopic (exact) mass is 281 g/mol. The number of aromatic amines is 1. The van der Waals surface area contributed by atoms with E-state index < -0.39 is 0 Å². The highest BCUT2D eigenvalue weighted by molar-refractivity contribution is 7.71. The van der Waals surface area contributed by atoms with Crippen molar-refractivity contribution in [2.45, 2.75) is 13.0 Å². The molecule has 0 bridgehead atoms. The molecule has 0 aliphatic carbocycles. The molecule has 0 radical (unpaired) electrons. The summed E-state index contributed by atoms with van der Waals surface area (Å²) in [6, 6.07) is 1.91. The van der Waals surface area contributed by atoms with Gasteiger partial charge in [0.15, 0.2) is 4.77 Å². The molecule has 96 valence electrons. The molecule has 4 nitrogen and oxygen atoms in total. The molecular weight excluding hydrogens is 266 g/mol. The smallest absolute Gasteiger partial charge is 0.272 e. The van der Waals surface area contributed by atoms with Crippen LogP contribution in [0.4, 0.5) is 0 Å². The van der Waals surface area contributed by atoms with E-state index in [0.29, 0.717) is 10.7 Å². The molecule has 1 saturated heterocycles. The van der Waals surface area contributed by atoms with E-state index in [1.165, 1.54) is 11.3 Å². The average Bonchev–Trinajstić information content (AvgIpc) is 2.93. The first-order valence-corrected chi connectivity index (χ1v) is 7.33. The Hall–Kier alpha value is -0.980. The van der Waals surface area contributed by atoms with Crippen molar-refractivity contribution in [1.82, 2.24) is 14.5 Å². The predicted molar refractivity (Wildman–Crippen MR) is 76.9 cm³/mol. The molecule has 0 saturated carbocycles. The first-order chi connectivity index (χ1) is 8.65. The Morgan fingerprint density at radius 3 is 3.17 bits per heavy atom. The van der Waals surface area contributed by atoms with E-state index in [4.69, 9.17) is 12.2 Å². The van der Waals surface area contributed by atoms with Crippen molar-refractivity contribution in [1.29, 1.82) is 0 Å². The van der Waals surface area contributed by atoms with Crippen molar-refractivity contribution in [3.63, 3.8) is 0 Å². The molecule has 18 heavy (non-hydrogen) atoms. The van der Waals surface area contributed by atoms with Crippen LogP contribution in [0.2, 0.25) is 0 Å². The number of nitrogens with zero attached hydrogens (tertiary/aromatic N) is 2. The van der Waals surface area contributed by atoms with Gasteiger partial charge in [0.1, 0.15) is 4.70 Å². The van der Waals surface area contributed by atoms with E-state index in [-0.39, 0.29) is 5.56 Å². The molecule has 1 atom stereocenters. The van der Waals surface area contributed by atoms with Crippen molar-refractivity contribution in [2.75, 3.05) is 20.1 Å². The number of likely N-dealkylation sites (tertiary alicyclic amines) is 1. The third-order valence-electron chi connectivity index (χ3n) is 3.52. The summed E-state index contributed by atoms with van der Waals surface area (Å²) in [5.41, 5.74) is 0.910. The molecule has 0 spiro atoms. The molecule has 1 aliphatic heterocycles. The largest absolute Gasteiger partial charge is 0.331 e. The van der Waals surface area contributed by atoms with Gasteiger partial charge in [-0.05, 0) is 49.6 Å². The van der Waals surface area contributed by atoms with Gasteiger partial charge in [-0.15, -0.1) is 11.3 Å². The van der Waals surface area contributed by atoms with E-state index in [1.807, 2.05) is 11.4 Å². The van der Waals surface area contributed by atoms with Crippen LogP contribution in [0.3, 0.4) is 0 Å². The zero-order valence-electron chi connectivity index (χ0n) is 10.2. The van der Waals surface area contributed by atoms with Gasteiger partial charge in [0.25, 0.3) is 5.56 Å². The minimum absolute atomic E-state index is 0.0540. The fraction of sp³-hybridized carbons (Fsp3) is 0.500. The van der Waals surface area contributed by atoms with Crippen LogP contribution in [0.1, 0.15) is 6.42 Å². The lowest BCUT2D eigenvalue weighted by Crippen LogP contribution is -2.26. The van der Waals surface area contributed by atoms with Gasteiger partial charge in [0.2, 0.25) is 0 Å². The van der Waals surface area contributed by atoms with Gasteiger partial charge < -0.3 is 9.88 Å². The summed E-state index contributed by atoms with van der Waals surface area (Å²) in [4.78, 5) is 17.8. The number of fused-ring (bicyclic) bond motifs is 1. The SMILES string of the molecule is CN1CCC(Cn2c(=S)[nH]c3ccsc3c2=O)C1. The van der Waals surface area contributed by atoms with Gasteiger partial charge in [-0.3, -0.25) is 9.36 Å². The van der Waals surface area contributed by atoms with Crippen LogP contribution in [-0.4, -0.2) is 34.6 Å². The molecule has 3 heterocycles. The normalized spacial score (nSPS) is 20.8. The van der Waals surface area contributed by atoms with Crippen molar-refractivity contribution in [3.8, 4) is 0 Å². The predicted octanol–water partition coefficient (Wildman–Crippen LogP) is 2.07. The molecule has 2 aromatic heterocycles. The average molecular weight is 281 g/mol. The zero-order chi connectivity index (χ0) is 12.7. The summed E-state index contributed by atoms with van der Waals surface area (Å²) in [6.07, 6.45) is 1.14. The fourth-order valence-corrected chi connectivity index (χ4v) is 3.63. The number of thiophene rings is 1. The topological polar surface area (TPSA) is 41.0 Å². The van der Waals surface area contributed by atoms with Crippen molar-refractivity contribution < 1.29 is 0 Å². The van der Waals surface area contributed by atoms with E-state index in [1.54, 1.807) is 4.57 Å². The van der Waals surface area contributed by atoms with Crippen LogP contribution < -0.4 is 5.56 Å². The quantitative estimate of drug-likeness (QED) is 0.857. The molecule has 1 unspecified atom stereocenters. The Morgan fingerprint density at radius 2 is 2.44 bits per heavy atom. The summed E-state index contributed by atoms with van der Waals surface area (Å²) < 4.78 is 3.04. The van der Waals surface area contributed by atoms with Crippen LogP contribution in [0.5, 0.6) is 0 Å². The van der Waals surface area contributed by atoms with Gasteiger partial charge in [-0.25, -0.2) is 0 Å². The summed E-state index contributed by atoms with van der Waals surface area (Å²) in [6.45, 7) is 2.88. The Labute approximate surface area is 114 Å². The van der Waals surface area contributed by atoms with Gasteiger partial charge in [0, 0.05) is 13.1 Å². The minimum Gasteiger partial charge on any atom is -0.331 e. The fourth-order valence-electron chi connectivity index (χ4n) is 2.57. The number of hydrogen-bond acceptors (Lipinski definition) is 4. The Kier molecular flexibility index (Phi) is 3.09. The summed E-state index contributed by atoms with van der Waals surface area (Å²) in [5.74, 6) is 0.528. The number of H-pyrrole nitrogens is 1. The van der Waals surface area contributed by atoms with E-state index in [9.17, 15) is 4.79 Å². The van der Waals surface area contributed by atoms with Crippen LogP contribution in [-0.2, 0) is 6.54 Å². The van der Waals surface area contributed by atoms with Crippen LogP contribution >= 0.6 is 23.6 Å². The first-order valence-electron chi connectivity index (χ1n) is 6.04. The number of rotatable bonds is 2.